The molecule has 0 fully saturated rings. The molecule has 0 bridgehead atoms. The smallest absolute Gasteiger partial charge is 0.246 e. The number of thioether (sulfide) groups is 1. The van der Waals surface area contributed by atoms with Gasteiger partial charge in [-0.25, -0.2) is 15.0 Å². The normalized spacial score (nSPS) is 18.7. The first-order valence-corrected chi connectivity index (χ1v) is 10.5. The van der Waals surface area contributed by atoms with Crippen LogP contribution in [0.2, 0.25) is 0 Å². The van der Waals surface area contributed by atoms with E-state index < -0.39 is 0 Å². The van der Waals surface area contributed by atoms with Gasteiger partial charge in [0, 0.05) is 29.8 Å². The second kappa shape index (κ2) is 8.42. The number of pyridine rings is 1. The Kier molecular flexibility index (Phi) is 5.17. The van der Waals surface area contributed by atoms with E-state index in [-0.39, 0.29) is 6.04 Å². The van der Waals surface area contributed by atoms with Gasteiger partial charge in [-0.2, -0.15) is 5.26 Å². The Balaban J connectivity index is 1.30. The standard InChI is InChI=1S/C23H16N6OS/c24-13-17-6-5-15(14-27-17)21-22(26-12-11-25-21)30-18-9-7-16(8-10-18)28-23-29-19-3-1-2-4-20(19)31-23/h1-12,14,19-20H,(H,28,29). The van der Waals surface area contributed by atoms with Gasteiger partial charge < -0.3 is 10.1 Å². The molecule has 0 radical (unpaired) electrons. The average molecular weight is 424 g/mol. The van der Waals surface area contributed by atoms with E-state index in [9.17, 15) is 0 Å². The fourth-order valence-electron chi connectivity index (χ4n) is 3.20. The summed E-state index contributed by atoms with van der Waals surface area (Å²) in [7, 11) is 0. The number of nitrogens with one attached hydrogen (secondary N) is 1. The molecule has 0 saturated carbocycles. The Morgan fingerprint density at radius 2 is 1.81 bits per heavy atom. The summed E-state index contributed by atoms with van der Waals surface area (Å²) in [6.45, 7) is 0. The molecular weight excluding hydrogens is 408 g/mol. The Morgan fingerprint density at radius 1 is 0.968 bits per heavy atom. The zero-order valence-corrected chi connectivity index (χ0v) is 17.0. The van der Waals surface area contributed by atoms with Crippen molar-refractivity contribution in [3.8, 4) is 29.0 Å². The zero-order chi connectivity index (χ0) is 21.0. The van der Waals surface area contributed by atoms with Crippen LogP contribution < -0.4 is 10.1 Å². The lowest BCUT2D eigenvalue weighted by Crippen LogP contribution is -2.13. The van der Waals surface area contributed by atoms with E-state index in [4.69, 9.17) is 15.0 Å². The van der Waals surface area contributed by atoms with E-state index in [0.717, 1.165) is 16.4 Å². The van der Waals surface area contributed by atoms with Gasteiger partial charge in [0.05, 0.1) is 11.3 Å². The molecule has 2 aliphatic rings. The first-order valence-electron chi connectivity index (χ1n) is 9.60. The summed E-state index contributed by atoms with van der Waals surface area (Å²) in [6, 6.07) is 13.2. The maximum atomic E-state index is 8.93. The SMILES string of the molecule is N#Cc1ccc(-c2nccnc2Oc2ccc(NC3=NC4C=CC=CC4S3)cc2)cn1. The van der Waals surface area contributed by atoms with Crippen molar-refractivity contribution in [1.29, 1.82) is 5.26 Å². The molecule has 1 N–H and O–H groups in total. The summed E-state index contributed by atoms with van der Waals surface area (Å²) in [4.78, 5) is 17.5. The topological polar surface area (TPSA) is 96.1 Å². The summed E-state index contributed by atoms with van der Waals surface area (Å²) in [5, 5.41) is 13.6. The maximum absolute atomic E-state index is 8.93. The van der Waals surface area contributed by atoms with Crippen molar-refractivity contribution in [3.63, 3.8) is 0 Å². The quantitative estimate of drug-likeness (QED) is 0.655. The molecular formula is C23H16N6OS. The number of allylic oxidation sites excluding steroid dienone is 2. The molecule has 3 aromatic rings. The van der Waals surface area contributed by atoms with Crippen LogP contribution in [0, 0.1) is 11.3 Å². The molecule has 1 aliphatic heterocycles. The van der Waals surface area contributed by atoms with Gasteiger partial charge >= 0.3 is 0 Å². The average Bonchev–Trinajstić information content (AvgIpc) is 3.23. The summed E-state index contributed by atoms with van der Waals surface area (Å²) < 4.78 is 5.97. The Labute approximate surface area is 183 Å². The lowest BCUT2D eigenvalue weighted by molar-refractivity contribution is 0.462. The molecule has 31 heavy (non-hydrogen) atoms. The van der Waals surface area contributed by atoms with Crippen LogP contribution in [-0.4, -0.2) is 31.4 Å². The van der Waals surface area contributed by atoms with Crippen molar-refractivity contribution in [3.05, 3.63) is 85.0 Å². The highest BCUT2D eigenvalue weighted by atomic mass is 32.2. The number of anilines is 1. The van der Waals surface area contributed by atoms with E-state index in [1.54, 1.807) is 42.5 Å². The Hall–Kier alpha value is -3.96. The molecule has 3 heterocycles. The van der Waals surface area contributed by atoms with Crippen LogP contribution >= 0.6 is 11.8 Å². The zero-order valence-electron chi connectivity index (χ0n) is 16.2. The molecule has 0 amide bonds. The first kappa shape index (κ1) is 19.0. The predicted molar refractivity (Wildman–Crippen MR) is 121 cm³/mol. The summed E-state index contributed by atoms with van der Waals surface area (Å²) in [5.41, 5.74) is 2.55. The minimum absolute atomic E-state index is 0.201. The van der Waals surface area contributed by atoms with Gasteiger partial charge in [0.15, 0.2) is 5.17 Å². The molecule has 0 saturated heterocycles. The molecule has 7 nitrogen and oxygen atoms in total. The summed E-state index contributed by atoms with van der Waals surface area (Å²) in [6.07, 6.45) is 13.1. The number of nitriles is 1. The summed E-state index contributed by atoms with van der Waals surface area (Å²) >= 11 is 1.72. The largest absolute Gasteiger partial charge is 0.437 e. The Morgan fingerprint density at radius 3 is 2.58 bits per heavy atom. The second-order valence-corrected chi connectivity index (χ2v) is 7.95. The lowest BCUT2D eigenvalue weighted by atomic mass is 10.1. The molecule has 1 aromatic carbocycles. The van der Waals surface area contributed by atoms with Crippen LogP contribution in [-0.2, 0) is 0 Å². The Bertz CT molecular complexity index is 1230. The number of aromatic nitrogens is 3. The van der Waals surface area contributed by atoms with E-state index in [1.807, 2.05) is 36.4 Å². The number of hydrogen-bond donors (Lipinski definition) is 1. The highest BCUT2D eigenvalue weighted by molar-refractivity contribution is 8.15. The fraction of sp³-hybridized carbons (Fsp3) is 0.0870. The molecule has 2 atom stereocenters. The predicted octanol–water partition coefficient (Wildman–Crippen LogP) is 4.58. The van der Waals surface area contributed by atoms with Gasteiger partial charge in [-0.15, -0.1) is 0 Å². The van der Waals surface area contributed by atoms with Crippen molar-refractivity contribution >= 4 is 22.6 Å². The molecule has 8 heteroatoms. The van der Waals surface area contributed by atoms with Gasteiger partial charge in [0.2, 0.25) is 5.88 Å². The molecule has 0 spiro atoms. The third-order valence-corrected chi connectivity index (χ3v) is 5.85. The van der Waals surface area contributed by atoms with Gasteiger partial charge in [-0.1, -0.05) is 36.1 Å². The number of aliphatic imine (C=N–C) groups is 1. The monoisotopic (exact) mass is 424 g/mol. The van der Waals surface area contributed by atoms with Crippen molar-refractivity contribution in [2.45, 2.75) is 11.3 Å². The number of nitrogens with zero attached hydrogens (tertiary/aromatic N) is 5. The third-order valence-electron chi connectivity index (χ3n) is 4.71. The second-order valence-electron chi connectivity index (χ2n) is 6.78. The number of hydrogen-bond acceptors (Lipinski definition) is 8. The van der Waals surface area contributed by atoms with Crippen LogP contribution in [0.5, 0.6) is 11.6 Å². The van der Waals surface area contributed by atoms with Crippen LogP contribution in [0.25, 0.3) is 11.3 Å². The van der Waals surface area contributed by atoms with Crippen LogP contribution in [0.15, 0.2) is 84.3 Å². The summed E-state index contributed by atoms with van der Waals surface area (Å²) in [5.74, 6) is 1.00. The van der Waals surface area contributed by atoms with E-state index in [1.165, 1.54) is 0 Å². The fourth-order valence-corrected chi connectivity index (χ4v) is 4.27. The van der Waals surface area contributed by atoms with Gasteiger partial charge in [-0.05, 0) is 36.4 Å². The minimum Gasteiger partial charge on any atom is -0.437 e. The molecule has 2 aromatic heterocycles. The van der Waals surface area contributed by atoms with Gasteiger partial charge in [-0.3, -0.25) is 4.99 Å². The van der Waals surface area contributed by atoms with Crippen LogP contribution in [0.1, 0.15) is 5.69 Å². The van der Waals surface area contributed by atoms with Gasteiger partial charge in [0.1, 0.15) is 23.2 Å². The van der Waals surface area contributed by atoms with E-state index in [0.29, 0.717) is 28.3 Å². The number of amidine groups is 1. The molecule has 2 unspecified atom stereocenters. The van der Waals surface area contributed by atoms with Crippen molar-refractivity contribution in [2.75, 3.05) is 5.32 Å². The van der Waals surface area contributed by atoms with Crippen molar-refractivity contribution in [1.82, 2.24) is 15.0 Å². The molecule has 150 valence electrons. The van der Waals surface area contributed by atoms with Gasteiger partial charge in [0.25, 0.3) is 0 Å². The third kappa shape index (κ3) is 4.17. The number of benzene rings is 1. The van der Waals surface area contributed by atoms with Crippen LogP contribution in [0.3, 0.4) is 0 Å². The highest BCUT2D eigenvalue weighted by Gasteiger charge is 2.27. The van der Waals surface area contributed by atoms with E-state index >= 15 is 0 Å². The lowest BCUT2D eigenvalue weighted by Gasteiger charge is -2.11. The molecule has 5 rings (SSSR count). The minimum atomic E-state index is 0.201. The first-order chi connectivity index (χ1) is 15.3. The van der Waals surface area contributed by atoms with E-state index in [2.05, 4.69) is 38.5 Å². The van der Waals surface area contributed by atoms with Crippen LogP contribution in [0.4, 0.5) is 5.69 Å². The number of rotatable bonds is 4. The molecule has 1 aliphatic carbocycles. The van der Waals surface area contributed by atoms with Crippen molar-refractivity contribution < 1.29 is 4.74 Å². The van der Waals surface area contributed by atoms with Crippen molar-refractivity contribution in [2.24, 2.45) is 4.99 Å². The highest BCUT2D eigenvalue weighted by Crippen LogP contribution is 2.33. The maximum Gasteiger partial charge on any atom is 0.246 e. The number of fused-ring (bicyclic) bond motifs is 1. The number of ether oxygens (including phenoxy) is 1.